The summed E-state index contributed by atoms with van der Waals surface area (Å²) in [5.74, 6) is 1.24. The number of carbonyl (C=O) groups is 1. The zero-order chi connectivity index (χ0) is 17.5. The van der Waals surface area contributed by atoms with Gasteiger partial charge in [-0.25, -0.2) is 0 Å². The molecule has 0 unspecified atom stereocenters. The van der Waals surface area contributed by atoms with E-state index in [-0.39, 0.29) is 18.3 Å². The minimum absolute atomic E-state index is 0.229. The van der Waals surface area contributed by atoms with Crippen LogP contribution in [0.25, 0.3) is 0 Å². The number of furan rings is 1. The van der Waals surface area contributed by atoms with Crippen molar-refractivity contribution in [1.29, 1.82) is 0 Å². The second-order valence-corrected chi connectivity index (χ2v) is 5.83. The summed E-state index contributed by atoms with van der Waals surface area (Å²) < 4.78 is 12.9. The van der Waals surface area contributed by atoms with Crippen molar-refractivity contribution in [2.24, 2.45) is 0 Å². The molecule has 0 bridgehead atoms. The van der Waals surface area contributed by atoms with E-state index in [4.69, 9.17) is 20.8 Å². The van der Waals surface area contributed by atoms with Gasteiger partial charge in [0.15, 0.2) is 5.76 Å². The van der Waals surface area contributed by atoms with E-state index in [0.29, 0.717) is 23.1 Å². The number of benzene rings is 1. The molecular formula is C18H18ClN3O3. The third kappa shape index (κ3) is 5.12. The molecule has 0 saturated carbocycles. The van der Waals surface area contributed by atoms with E-state index in [2.05, 4.69) is 10.4 Å². The Morgan fingerprint density at radius 1 is 1.28 bits per heavy atom. The van der Waals surface area contributed by atoms with Crippen LogP contribution < -0.4 is 10.1 Å². The minimum atomic E-state index is -0.241. The molecule has 0 aliphatic carbocycles. The highest BCUT2D eigenvalue weighted by Gasteiger charge is 2.11. The fraction of sp³-hybridized carbons (Fsp3) is 0.222. The van der Waals surface area contributed by atoms with Crippen molar-refractivity contribution < 1.29 is 13.9 Å². The number of halogens is 1. The van der Waals surface area contributed by atoms with Gasteiger partial charge in [-0.15, -0.1) is 0 Å². The Labute approximate surface area is 150 Å². The fourth-order valence-electron chi connectivity index (χ4n) is 2.25. The summed E-state index contributed by atoms with van der Waals surface area (Å²) in [6.45, 7) is 1.53. The van der Waals surface area contributed by atoms with Crippen LogP contribution in [-0.2, 0) is 13.2 Å². The number of hydrogen-bond donors (Lipinski definition) is 1. The first-order valence-electron chi connectivity index (χ1n) is 7.93. The summed E-state index contributed by atoms with van der Waals surface area (Å²) in [5, 5.41) is 7.54. The number of aromatic nitrogens is 2. The highest BCUT2D eigenvalue weighted by Crippen LogP contribution is 2.19. The third-order valence-electron chi connectivity index (χ3n) is 3.47. The maximum absolute atomic E-state index is 12.1. The Hall–Kier alpha value is -2.73. The van der Waals surface area contributed by atoms with Crippen LogP contribution in [0.4, 0.5) is 0 Å². The molecule has 1 amide bonds. The predicted octanol–water partition coefficient (Wildman–Crippen LogP) is 3.53. The van der Waals surface area contributed by atoms with Gasteiger partial charge in [-0.1, -0.05) is 17.7 Å². The molecule has 2 aromatic heterocycles. The molecule has 3 rings (SSSR count). The Morgan fingerprint density at radius 2 is 2.20 bits per heavy atom. The number of carbonyl (C=O) groups excluding carboxylic acids is 1. The maximum atomic E-state index is 12.1. The highest BCUT2D eigenvalue weighted by atomic mass is 35.5. The van der Waals surface area contributed by atoms with Crippen LogP contribution in [0.15, 0.2) is 59.3 Å². The summed E-state index contributed by atoms with van der Waals surface area (Å²) >= 11 is 5.90. The molecule has 3 aromatic rings. The minimum Gasteiger partial charge on any atom is -0.486 e. The Kier molecular flexibility index (Phi) is 5.74. The molecule has 6 nitrogen and oxygen atoms in total. The molecule has 0 saturated heterocycles. The van der Waals surface area contributed by atoms with Gasteiger partial charge in [-0.3, -0.25) is 9.48 Å². The summed E-state index contributed by atoms with van der Waals surface area (Å²) in [4.78, 5) is 12.1. The SMILES string of the molecule is O=C(NCCCn1cccn1)c1ccc(COc2cccc(Cl)c2)o1. The van der Waals surface area contributed by atoms with Crippen LogP contribution >= 0.6 is 11.6 Å². The molecule has 2 heterocycles. The zero-order valence-corrected chi connectivity index (χ0v) is 14.3. The van der Waals surface area contributed by atoms with Crippen LogP contribution in [0, 0.1) is 0 Å². The molecule has 130 valence electrons. The molecule has 0 aliphatic heterocycles. The van der Waals surface area contributed by atoms with Gasteiger partial charge in [0.1, 0.15) is 18.1 Å². The molecule has 25 heavy (non-hydrogen) atoms. The van der Waals surface area contributed by atoms with Crippen LogP contribution in [-0.4, -0.2) is 22.2 Å². The number of ether oxygens (including phenoxy) is 1. The molecule has 1 aromatic carbocycles. The van der Waals surface area contributed by atoms with E-state index in [1.54, 1.807) is 30.5 Å². The van der Waals surface area contributed by atoms with Crippen molar-refractivity contribution in [1.82, 2.24) is 15.1 Å². The van der Waals surface area contributed by atoms with E-state index in [1.807, 2.05) is 29.1 Å². The van der Waals surface area contributed by atoms with Gasteiger partial charge >= 0.3 is 0 Å². The van der Waals surface area contributed by atoms with E-state index >= 15 is 0 Å². The van der Waals surface area contributed by atoms with Crippen molar-refractivity contribution >= 4 is 17.5 Å². The van der Waals surface area contributed by atoms with Crippen LogP contribution in [0.1, 0.15) is 22.7 Å². The number of nitrogens with one attached hydrogen (secondary N) is 1. The molecule has 0 radical (unpaired) electrons. The number of aryl methyl sites for hydroxylation is 1. The number of rotatable bonds is 8. The van der Waals surface area contributed by atoms with E-state index in [0.717, 1.165) is 13.0 Å². The lowest BCUT2D eigenvalue weighted by Gasteiger charge is -2.05. The monoisotopic (exact) mass is 359 g/mol. The molecule has 0 atom stereocenters. The lowest BCUT2D eigenvalue weighted by Crippen LogP contribution is -2.24. The van der Waals surface area contributed by atoms with Gasteiger partial charge in [0.05, 0.1) is 0 Å². The number of hydrogen-bond acceptors (Lipinski definition) is 4. The number of nitrogens with zero attached hydrogens (tertiary/aromatic N) is 2. The highest BCUT2D eigenvalue weighted by molar-refractivity contribution is 6.30. The Morgan fingerprint density at radius 3 is 3.00 bits per heavy atom. The van der Waals surface area contributed by atoms with Crippen LogP contribution in [0.5, 0.6) is 5.75 Å². The lowest BCUT2D eigenvalue weighted by atomic mass is 10.3. The largest absolute Gasteiger partial charge is 0.486 e. The van der Waals surface area contributed by atoms with Crippen molar-refractivity contribution in [2.75, 3.05) is 6.54 Å². The molecular weight excluding hydrogens is 342 g/mol. The summed E-state index contributed by atoms with van der Waals surface area (Å²) in [5.41, 5.74) is 0. The van der Waals surface area contributed by atoms with Crippen molar-refractivity contribution in [3.63, 3.8) is 0 Å². The quantitative estimate of drug-likeness (QED) is 0.625. The van der Waals surface area contributed by atoms with E-state index < -0.39 is 0 Å². The van der Waals surface area contributed by atoms with E-state index in [9.17, 15) is 4.79 Å². The van der Waals surface area contributed by atoms with Crippen LogP contribution in [0.3, 0.4) is 0 Å². The normalized spacial score (nSPS) is 10.6. The standard InChI is InChI=1S/C18H18ClN3O3/c19-14-4-1-5-15(12-14)24-13-16-6-7-17(25-16)18(23)20-8-2-10-22-11-3-9-21-22/h1,3-7,9,11-12H,2,8,10,13H2,(H,20,23). The predicted molar refractivity (Wildman–Crippen MR) is 93.7 cm³/mol. The molecule has 7 heteroatoms. The first kappa shape index (κ1) is 17.1. The van der Waals surface area contributed by atoms with Crippen molar-refractivity contribution in [3.8, 4) is 5.75 Å². The van der Waals surface area contributed by atoms with Crippen LogP contribution in [0.2, 0.25) is 5.02 Å². The van der Waals surface area contributed by atoms with Crippen molar-refractivity contribution in [2.45, 2.75) is 19.6 Å². The third-order valence-corrected chi connectivity index (χ3v) is 3.71. The average molecular weight is 360 g/mol. The lowest BCUT2D eigenvalue weighted by molar-refractivity contribution is 0.0921. The molecule has 0 spiro atoms. The first-order valence-corrected chi connectivity index (χ1v) is 8.31. The van der Waals surface area contributed by atoms with Gasteiger partial charge in [0.25, 0.3) is 5.91 Å². The number of amides is 1. The first-order chi connectivity index (χ1) is 12.2. The molecule has 1 N–H and O–H groups in total. The Balaban J connectivity index is 1.43. The summed E-state index contributed by atoms with van der Waals surface area (Å²) in [6.07, 6.45) is 4.41. The topological polar surface area (TPSA) is 69.3 Å². The molecule has 0 aliphatic rings. The van der Waals surface area contributed by atoms with Gasteiger partial charge in [0.2, 0.25) is 0 Å². The van der Waals surface area contributed by atoms with Gasteiger partial charge in [-0.2, -0.15) is 5.10 Å². The second-order valence-electron chi connectivity index (χ2n) is 5.39. The average Bonchev–Trinajstić information content (AvgIpc) is 3.28. The smallest absolute Gasteiger partial charge is 0.286 e. The second kappa shape index (κ2) is 8.39. The van der Waals surface area contributed by atoms with Gasteiger partial charge in [0, 0.05) is 30.5 Å². The summed E-state index contributed by atoms with van der Waals surface area (Å²) in [7, 11) is 0. The zero-order valence-electron chi connectivity index (χ0n) is 13.5. The maximum Gasteiger partial charge on any atom is 0.286 e. The van der Waals surface area contributed by atoms with E-state index in [1.165, 1.54) is 0 Å². The summed E-state index contributed by atoms with van der Waals surface area (Å²) in [6, 6.07) is 12.3. The van der Waals surface area contributed by atoms with Crippen molar-refractivity contribution in [3.05, 3.63) is 71.4 Å². The van der Waals surface area contributed by atoms with Gasteiger partial charge in [-0.05, 0) is 42.8 Å². The molecule has 0 fully saturated rings. The van der Waals surface area contributed by atoms with Gasteiger partial charge < -0.3 is 14.5 Å². The Bertz CT molecular complexity index is 815. The fourth-order valence-corrected chi connectivity index (χ4v) is 2.43.